The number of hydrogen-bond acceptors (Lipinski definition) is 7. The normalized spacial score (nSPS) is 17.7. The van der Waals surface area contributed by atoms with Gasteiger partial charge in [-0.05, 0) is 25.0 Å². The molecule has 1 atom stereocenters. The molecule has 11 nitrogen and oxygen atoms in total. The van der Waals surface area contributed by atoms with Gasteiger partial charge in [-0.3, -0.25) is 9.13 Å². The van der Waals surface area contributed by atoms with Crippen LogP contribution >= 0.6 is 0 Å². The first-order valence-corrected chi connectivity index (χ1v) is 11.9. The molecule has 1 fully saturated rings. The second kappa shape index (κ2) is 7.25. The third-order valence-corrected chi connectivity index (χ3v) is 7.19. The van der Waals surface area contributed by atoms with Crippen molar-refractivity contribution in [1.82, 2.24) is 33.0 Å². The van der Waals surface area contributed by atoms with Crippen LogP contribution in [-0.4, -0.2) is 60.8 Å². The number of fused-ring (bicyclic) bond motifs is 2. The van der Waals surface area contributed by atoms with Gasteiger partial charge in [-0.2, -0.15) is 10.4 Å². The molecular formula is C20H20N8O3S. The number of rotatable bonds is 3. The molecule has 5 rings (SSSR count). The fourth-order valence-corrected chi connectivity index (χ4v) is 5.15. The van der Waals surface area contributed by atoms with Crippen LogP contribution in [-0.2, 0) is 17.1 Å². The zero-order valence-electron chi connectivity index (χ0n) is 17.5. The second-order valence-corrected chi connectivity index (χ2v) is 9.93. The summed E-state index contributed by atoms with van der Waals surface area (Å²) in [7, 11) is -1.71. The third kappa shape index (κ3) is 3.17. The number of pyridine rings is 1. The van der Waals surface area contributed by atoms with Crippen LogP contribution in [0.15, 0.2) is 35.5 Å². The lowest BCUT2D eigenvalue weighted by molar-refractivity contribution is 0.267. The summed E-state index contributed by atoms with van der Waals surface area (Å²) in [6.07, 6.45) is 7.41. The highest BCUT2D eigenvalue weighted by Gasteiger charge is 2.30. The summed E-state index contributed by atoms with van der Waals surface area (Å²) in [6.45, 7) is 0.665. The highest BCUT2D eigenvalue weighted by molar-refractivity contribution is 7.88. The van der Waals surface area contributed by atoms with E-state index in [1.165, 1.54) is 15.1 Å². The van der Waals surface area contributed by atoms with Crippen molar-refractivity contribution in [1.29, 1.82) is 5.26 Å². The molecule has 1 saturated heterocycles. The average Bonchev–Trinajstić information content (AvgIpc) is 3.31. The molecule has 0 bridgehead atoms. The van der Waals surface area contributed by atoms with Crippen LogP contribution in [0.2, 0.25) is 0 Å². The van der Waals surface area contributed by atoms with Gasteiger partial charge in [0.1, 0.15) is 5.52 Å². The summed E-state index contributed by atoms with van der Waals surface area (Å²) < 4.78 is 30.2. The van der Waals surface area contributed by atoms with E-state index in [9.17, 15) is 18.5 Å². The van der Waals surface area contributed by atoms with Crippen molar-refractivity contribution in [2.24, 2.45) is 7.05 Å². The molecular weight excluding hydrogens is 432 g/mol. The van der Waals surface area contributed by atoms with Gasteiger partial charge in [-0.1, -0.05) is 0 Å². The highest BCUT2D eigenvalue weighted by Crippen LogP contribution is 2.27. The topological polar surface area (TPSA) is 131 Å². The van der Waals surface area contributed by atoms with Crippen LogP contribution in [0.5, 0.6) is 0 Å². The molecule has 5 heterocycles. The number of imidazole rings is 1. The van der Waals surface area contributed by atoms with Crippen LogP contribution in [0.25, 0.3) is 28.1 Å². The Kier molecular flexibility index (Phi) is 4.61. The van der Waals surface area contributed by atoms with E-state index in [4.69, 9.17) is 4.98 Å². The number of aryl methyl sites for hydroxylation is 1. The number of hydrogen-bond donors (Lipinski definition) is 0. The van der Waals surface area contributed by atoms with Crippen LogP contribution in [0.4, 0.5) is 0 Å². The summed E-state index contributed by atoms with van der Waals surface area (Å²) in [5, 5.41) is 13.5. The van der Waals surface area contributed by atoms with Crippen molar-refractivity contribution in [3.05, 3.63) is 46.8 Å². The molecule has 0 amide bonds. The maximum Gasteiger partial charge on any atom is 0.330 e. The summed E-state index contributed by atoms with van der Waals surface area (Å²) in [4.78, 5) is 22.2. The second-order valence-electron chi connectivity index (χ2n) is 7.95. The predicted octanol–water partition coefficient (Wildman–Crippen LogP) is 0.913. The third-order valence-electron chi connectivity index (χ3n) is 5.92. The molecule has 0 aromatic carbocycles. The van der Waals surface area contributed by atoms with Crippen LogP contribution in [0.3, 0.4) is 0 Å². The minimum atomic E-state index is -3.36. The minimum absolute atomic E-state index is 0.222. The van der Waals surface area contributed by atoms with Crippen molar-refractivity contribution in [2.75, 3.05) is 19.3 Å². The summed E-state index contributed by atoms with van der Waals surface area (Å²) in [5.74, 6) is 0.373. The van der Waals surface area contributed by atoms with Crippen molar-refractivity contribution in [3.8, 4) is 17.5 Å². The van der Waals surface area contributed by atoms with Gasteiger partial charge in [0.2, 0.25) is 10.0 Å². The minimum Gasteiger partial charge on any atom is -0.292 e. The van der Waals surface area contributed by atoms with E-state index in [0.717, 1.165) is 0 Å². The lowest BCUT2D eigenvalue weighted by Gasteiger charge is -2.31. The van der Waals surface area contributed by atoms with E-state index in [1.807, 2.05) is 0 Å². The number of sulfonamides is 1. The molecule has 164 valence electrons. The number of aromatic nitrogens is 6. The van der Waals surface area contributed by atoms with Crippen LogP contribution < -0.4 is 5.69 Å². The van der Waals surface area contributed by atoms with Gasteiger partial charge in [0.05, 0.1) is 47.4 Å². The maximum absolute atomic E-state index is 13.1. The van der Waals surface area contributed by atoms with Crippen molar-refractivity contribution in [3.63, 3.8) is 0 Å². The van der Waals surface area contributed by atoms with Crippen LogP contribution in [0, 0.1) is 11.3 Å². The Bertz CT molecular complexity index is 1570. The number of piperidine rings is 1. The fraction of sp³-hybridized carbons (Fsp3) is 0.350. The Morgan fingerprint density at radius 2 is 2.06 bits per heavy atom. The first-order chi connectivity index (χ1) is 15.3. The SMILES string of the molecule is Cn1c(=O)n(C2CCCN(S(C)(=O)=O)C2)c2nc(-c3cnn4ccc(C#N)cc34)ncc21. The Balaban J connectivity index is 1.67. The lowest BCUT2D eigenvalue weighted by Crippen LogP contribution is -2.42. The van der Waals surface area contributed by atoms with E-state index in [2.05, 4.69) is 16.2 Å². The molecule has 12 heteroatoms. The van der Waals surface area contributed by atoms with E-state index in [0.29, 0.717) is 53.0 Å². The largest absolute Gasteiger partial charge is 0.330 e. The smallest absolute Gasteiger partial charge is 0.292 e. The Morgan fingerprint density at radius 1 is 1.25 bits per heavy atom. The fourth-order valence-electron chi connectivity index (χ4n) is 4.25. The van der Waals surface area contributed by atoms with Crippen molar-refractivity contribution >= 4 is 26.7 Å². The first kappa shape index (κ1) is 20.3. The summed E-state index contributed by atoms with van der Waals surface area (Å²) in [6, 6.07) is 5.16. The molecule has 0 saturated carbocycles. The molecule has 0 aliphatic carbocycles. The summed E-state index contributed by atoms with van der Waals surface area (Å²) in [5.41, 5.74) is 2.53. The zero-order valence-corrected chi connectivity index (χ0v) is 18.3. The van der Waals surface area contributed by atoms with Crippen molar-refractivity contribution < 1.29 is 8.42 Å². The Labute approximate surface area is 183 Å². The lowest BCUT2D eigenvalue weighted by atomic mass is 10.1. The van der Waals surface area contributed by atoms with Gasteiger partial charge >= 0.3 is 5.69 Å². The molecule has 0 spiro atoms. The van der Waals surface area contributed by atoms with Gasteiger partial charge in [-0.15, -0.1) is 0 Å². The van der Waals surface area contributed by atoms with E-state index < -0.39 is 10.0 Å². The monoisotopic (exact) mass is 452 g/mol. The highest BCUT2D eigenvalue weighted by atomic mass is 32.2. The zero-order chi connectivity index (χ0) is 22.6. The predicted molar refractivity (Wildman–Crippen MR) is 116 cm³/mol. The van der Waals surface area contributed by atoms with E-state index in [-0.39, 0.29) is 18.3 Å². The Morgan fingerprint density at radius 3 is 2.81 bits per heavy atom. The van der Waals surface area contributed by atoms with Crippen LogP contribution in [0.1, 0.15) is 24.4 Å². The van der Waals surface area contributed by atoms with Gasteiger partial charge in [-0.25, -0.2) is 32.0 Å². The maximum atomic E-state index is 13.1. The number of nitriles is 1. The molecule has 1 unspecified atom stereocenters. The molecule has 1 aliphatic rings. The first-order valence-electron chi connectivity index (χ1n) is 10.0. The van der Waals surface area contributed by atoms with Gasteiger partial charge in [0.15, 0.2) is 11.5 Å². The molecule has 0 radical (unpaired) electrons. The summed E-state index contributed by atoms with van der Waals surface area (Å²) >= 11 is 0. The Hall–Kier alpha value is -3.56. The molecule has 0 N–H and O–H groups in total. The van der Waals surface area contributed by atoms with E-state index in [1.54, 1.807) is 46.9 Å². The van der Waals surface area contributed by atoms with E-state index >= 15 is 0 Å². The van der Waals surface area contributed by atoms with Gasteiger partial charge in [0, 0.05) is 26.3 Å². The molecule has 4 aromatic rings. The average molecular weight is 453 g/mol. The van der Waals surface area contributed by atoms with Gasteiger partial charge in [0.25, 0.3) is 0 Å². The molecule has 1 aliphatic heterocycles. The standard InChI is InChI=1S/C20H20N8O3S/c1-25-17-11-22-18(15-10-23-27-7-5-13(9-21)8-16(15)27)24-19(17)28(20(25)29)14-4-3-6-26(12-14)32(2,30)31/h5,7-8,10-11,14H,3-4,6,12H2,1-2H3. The molecule has 4 aromatic heterocycles. The van der Waals surface area contributed by atoms with Crippen molar-refractivity contribution in [2.45, 2.75) is 18.9 Å². The molecule has 32 heavy (non-hydrogen) atoms. The van der Waals surface area contributed by atoms with Gasteiger partial charge < -0.3 is 0 Å². The number of nitrogens with zero attached hydrogens (tertiary/aromatic N) is 8. The quantitative estimate of drug-likeness (QED) is 0.451.